The summed E-state index contributed by atoms with van der Waals surface area (Å²) in [7, 11) is 0. The topological polar surface area (TPSA) is 6.48 Å². The molecule has 9 aromatic carbocycles. The number of anilines is 5. The Labute approximate surface area is 346 Å². The molecule has 0 aliphatic heterocycles. The van der Waals surface area contributed by atoms with Crippen LogP contribution in [0.1, 0.15) is 35.1 Å². The summed E-state index contributed by atoms with van der Waals surface area (Å²) in [6, 6.07) is 78.1. The zero-order valence-electron chi connectivity index (χ0n) is 32.7. The Hall–Kier alpha value is -7.42. The molecule has 11 rings (SSSR count). The minimum Gasteiger partial charge on any atom is -0.311 e. The van der Waals surface area contributed by atoms with E-state index >= 15 is 0 Å². The van der Waals surface area contributed by atoms with Crippen LogP contribution < -0.4 is 9.80 Å². The molecule has 0 radical (unpaired) electrons. The van der Waals surface area contributed by atoms with Gasteiger partial charge in [-0.1, -0.05) is 164 Å². The van der Waals surface area contributed by atoms with Crippen molar-refractivity contribution in [3.8, 4) is 11.1 Å². The third kappa shape index (κ3) is 5.63. The second-order valence-corrected chi connectivity index (χ2v) is 15.5. The number of rotatable bonds is 8. The van der Waals surface area contributed by atoms with E-state index in [2.05, 4.69) is 240 Å². The molecule has 9 aromatic rings. The van der Waals surface area contributed by atoms with Crippen LogP contribution in [0.5, 0.6) is 0 Å². The van der Waals surface area contributed by atoms with Crippen LogP contribution in [0, 0.1) is 0 Å². The molecule has 2 aliphatic rings. The average Bonchev–Trinajstić information content (AvgIpc) is 3.63. The van der Waals surface area contributed by atoms with Gasteiger partial charge in [0.1, 0.15) is 0 Å². The molecule has 0 bridgehead atoms. The Morgan fingerprint density at radius 3 is 1.46 bits per heavy atom. The maximum absolute atomic E-state index is 2.48. The minimum atomic E-state index is -0.625. The van der Waals surface area contributed by atoms with Gasteiger partial charge in [0.2, 0.25) is 0 Å². The standard InChI is InChI=1S/C57H42N2/c1-7-21-41(22-8-1)57(42-23-9-2-10-24-42)54-40-48(59(45-29-15-5-16-30-45)46-31-17-6-18-32-46)36-38-52(54)55-50-34-20-19-33-49(50)53-39-47(35-37-51(53)56(55)57)58(43-25-11-3-12-26-43)44-27-13-4-14-28-44/h1-3,5-13,15-40H,4,14H2. The second-order valence-electron chi connectivity index (χ2n) is 15.5. The van der Waals surface area contributed by atoms with Crippen LogP contribution in [0.3, 0.4) is 0 Å². The fraction of sp³-hybridized carbons (Fsp3) is 0.0526. The molecule has 0 saturated heterocycles. The van der Waals surface area contributed by atoms with Gasteiger partial charge in [0, 0.05) is 34.1 Å². The molecule has 0 unspecified atom stereocenters. The summed E-state index contributed by atoms with van der Waals surface area (Å²) in [6.07, 6.45) is 9.04. The third-order valence-corrected chi connectivity index (χ3v) is 12.3. The van der Waals surface area contributed by atoms with Gasteiger partial charge >= 0.3 is 0 Å². The van der Waals surface area contributed by atoms with Crippen molar-refractivity contribution in [1.82, 2.24) is 0 Å². The molecule has 0 saturated carbocycles. The van der Waals surface area contributed by atoms with E-state index in [9.17, 15) is 0 Å². The Bertz CT molecular complexity index is 2950. The van der Waals surface area contributed by atoms with Crippen LogP contribution >= 0.6 is 0 Å². The van der Waals surface area contributed by atoms with Crippen molar-refractivity contribution in [1.29, 1.82) is 0 Å². The molecule has 0 spiro atoms. The average molecular weight is 755 g/mol. The van der Waals surface area contributed by atoms with E-state index in [0.29, 0.717) is 0 Å². The van der Waals surface area contributed by atoms with Gasteiger partial charge in [-0.3, -0.25) is 0 Å². The Morgan fingerprint density at radius 1 is 0.373 bits per heavy atom. The Kier molecular flexibility index (Phi) is 8.56. The second kappa shape index (κ2) is 14.5. The smallest absolute Gasteiger partial charge is 0.0720 e. The van der Waals surface area contributed by atoms with Crippen molar-refractivity contribution in [3.05, 3.63) is 259 Å². The van der Waals surface area contributed by atoms with E-state index < -0.39 is 5.41 Å². The maximum atomic E-state index is 2.48. The molecule has 0 aromatic heterocycles. The molecule has 59 heavy (non-hydrogen) atoms. The first-order valence-electron chi connectivity index (χ1n) is 20.7. The predicted octanol–water partition coefficient (Wildman–Crippen LogP) is 15.2. The SMILES string of the molecule is C1=CC(N(c2ccccc2)c2ccc3c4c(c5ccccc5c3c2)-c2ccc(N(c3ccccc3)c3ccccc3)cc2C4(c2ccccc2)c2ccccc2)=CCC1. The van der Waals surface area contributed by atoms with E-state index in [1.165, 1.54) is 60.6 Å². The highest BCUT2D eigenvalue weighted by Crippen LogP contribution is 2.61. The highest BCUT2D eigenvalue weighted by molar-refractivity contribution is 6.20. The molecule has 0 N–H and O–H groups in total. The molecule has 280 valence electrons. The molecule has 0 atom stereocenters. The van der Waals surface area contributed by atoms with Crippen LogP contribution in [-0.2, 0) is 5.41 Å². The van der Waals surface area contributed by atoms with Gasteiger partial charge in [-0.05, 0) is 135 Å². The van der Waals surface area contributed by atoms with Gasteiger partial charge in [-0.25, -0.2) is 0 Å². The fourth-order valence-electron chi connectivity index (χ4n) is 9.85. The Balaban J connectivity index is 1.25. The summed E-state index contributed by atoms with van der Waals surface area (Å²) >= 11 is 0. The maximum Gasteiger partial charge on any atom is 0.0720 e. The molecular formula is C57H42N2. The first-order chi connectivity index (χ1) is 29.3. The van der Waals surface area contributed by atoms with Gasteiger partial charge in [-0.2, -0.15) is 0 Å². The largest absolute Gasteiger partial charge is 0.311 e. The van der Waals surface area contributed by atoms with Crippen molar-refractivity contribution < 1.29 is 0 Å². The van der Waals surface area contributed by atoms with Crippen molar-refractivity contribution in [2.45, 2.75) is 18.3 Å². The highest BCUT2D eigenvalue weighted by atomic mass is 15.1. The summed E-state index contributed by atoms with van der Waals surface area (Å²) in [5, 5.41) is 5.03. The Morgan fingerprint density at radius 2 is 0.881 bits per heavy atom. The minimum absolute atomic E-state index is 0.625. The van der Waals surface area contributed by atoms with Crippen molar-refractivity contribution >= 4 is 50.0 Å². The summed E-state index contributed by atoms with van der Waals surface area (Å²) in [5.41, 5.74) is 13.9. The van der Waals surface area contributed by atoms with Crippen molar-refractivity contribution in [2.24, 2.45) is 0 Å². The van der Waals surface area contributed by atoms with Crippen LogP contribution in [-0.4, -0.2) is 0 Å². The van der Waals surface area contributed by atoms with Gasteiger partial charge in [0.05, 0.1) is 5.41 Å². The molecule has 0 amide bonds. The number of hydrogen-bond donors (Lipinski definition) is 0. The number of nitrogens with zero attached hydrogens (tertiary/aromatic N) is 2. The van der Waals surface area contributed by atoms with Crippen LogP contribution in [0.15, 0.2) is 236 Å². The highest BCUT2D eigenvalue weighted by Gasteiger charge is 2.48. The lowest BCUT2D eigenvalue weighted by Crippen LogP contribution is -2.29. The van der Waals surface area contributed by atoms with E-state index in [-0.39, 0.29) is 0 Å². The van der Waals surface area contributed by atoms with Gasteiger partial charge in [-0.15, -0.1) is 0 Å². The lowest BCUT2D eigenvalue weighted by atomic mass is 9.66. The first kappa shape index (κ1) is 34.8. The third-order valence-electron chi connectivity index (χ3n) is 12.3. The van der Waals surface area contributed by atoms with Crippen LogP contribution in [0.4, 0.5) is 28.4 Å². The summed E-state index contributed by atoms with van der Waals surface area (Å²) in [6.45, 7) is 0. The normalized spacial score (nSPS) is 13.8. The van der Waals surface area contributed by atoms with Crippen LogP contribution in [0.2, 0.25) is 0 Å². The molecule has 0 fully saturated rings. The first-order valence-corrected chi connectivity index (χ1v) is 20.7. The molecule has 2 nitrogen and oxygen atoms in total. The molecule has 2 aliphatic carbocycles. The summed E-state index contributed by atoms with van der Waals surface area (Å²) in [5.74, 6) is 0. The van der Waals surface area contributed by atoms with Gasteiger partial charge in [0.15, 0.2) is 0 Å². The zero-order chi connectivity index (χ0) is 39.2. The lowest BCUT2D eigenvalue weighted by Gasteiger charge is -2.36. The monoisotopic (exact) mass is 754 g/mol. The zero-order valence-corrected chi connectivity index (χ0v) is 32.7. The fourth-order valence-corrected chi connectivity index (χ4v) is 9.85. The predicted molar refractivity (Wildman–Crippen MR) is 248 cm³/mol. The number of fused-ring (bicyclic) bond motifs is 8. The number of benzene rings is 9. The van der Waals surface area contributed by atoms with E-state index in [0.717, 1.165) is 41.3 Å². The molecule has 2 heteroatoms. The molecular weight excluding hydrogens is 713 g/mol. The summed E-state index contributed by atoms with van der Waals surface area (Å²) < 4.78 is 0. The number of para-hydroxylation sites is 3. The van der Waals surface area contributed by atoms with Crippen molar-refractivity contribution in [2.75, 3.05) is 9.80 Å². The van der Waals surface area contributed by atoms with Gasteiger partial charge < -0.3 is 9.80 Å². The van der Waals surface area contributed by atoms with E-state index in [1.807, 2.05) is 0 Å². The van der Waals surface area contributed by atoms with Gasteiger partial charge in [0.25, 0.3) is 0 Å². The van der Waals surface area contributed by atoms with Crippen molar-refractivity contribution in [3.63, 3.8) is 0 Å². The number of allylic oxidation sites excluding steroid dienone is 3. The van der Waals surface area contributed by atoms with Crippen LogP contribution in [0.25, 0.3) is 32.7 Å². The summed E-state index contributed by atoms with van der Waals surface area (Å²) in [4.78, 5) is 4.81. The quantitative estimate of drug-likeness (QED) is 0.143. The molecule has 0 heterocycles. The number of hydrogen-bond acceptors (Lipinski definition) is 2. The van der Waals surface area contributed by atoms with E-state index in [1.54, 1.807) is 0 Å². The van der Waals surface area contributed by atoms with E-state index in [4.69, 9.17) is 0 Å². The lowest BCUT2D eigenvalue weighted by molar-refractivity contribution is 0.776.